The van der Waals surface area contributed by atoms with Crippen molar-refractivity contribution in [2.45, 2.75) is 39.0 Å². The fourth-order valence-corrected chi connectivity index (χ4v) is 3.61. The molecule has 0 unspecified atom stereocenters. The quantitative estimate of drug-likeness (QED) is 0.616. The van der Waals surface area contributed by atoms with Crippen LogP contribution in [-0.4, -0.2) is 44.8 Å². The predicted molar refractivity (Wildman–Crippen MR) is 114 cm³/mol. The number of rotatable bonds is 5. The summed E-state index contributed by atoms with van der Waals surface area (Å²) in [6.45, 7) is 4.65. The zero-order chi connectivity index (χ0) is 22.3. The van der Waals surface area contributed by atoms with E-state index in [-0.39, 0.29) is 24.1 Å². The number of nitrogens with one attached hydrogen (secondary N) is 2. The zero-order valence-electron chi connectivity index (χ0n) is 17.0. The largest absolute Gasteiger partial charge is 0.447 e. The minimum Gasteiger partial charge on any atom is -0.447 e. The highest BCUT2D eigenvalue weighted by molar-refractivity contribution is 6.31. The van der Waals surface area contributed by atoms with Crippen molar-refractivity contribution in [3.8, 4) is 0 Å². The van der Waals surface area contributed by atoms with Gasteiger partial charge in [0, 0.05) is 21.5 Å². The van der Waals surface area contributed by atoms with E-state index in [4.69, 9.17) is 16.3 Å². The molecule has 9 nitrogen and oxygen atoms in total. The first-order valence-electron chi connectivity index (χ1n) is 9.64. The average molecular weight is 447 g/mol. The standard InChI is InChI=1S/C20H20ClFN6O3/c1-9(22)16-8-31-20(30)28(16)19-25-11(3)24-18(27-19)23-10(2)14-7-12-6-13(21)4-5-15(12)26-17(14)29/h4-7,9-10,16H,8H2,1-3H3,(H,26,29)(H,23,24,25,27)/t9-,10-,16+/m0/s1. The Hall–Kier alpha value is -3.27. The number of aromatic amines is 1. The monoisotopic (exact) mass is 446 g/mol. The molecule has 1 saturated heterocycles. The minimum absolute atomic E-state index is 0.0154. The maximum atomic E-state index is 13.9. The molecule has 31 heavy (non-hydrogen) atoms. The van der Waals surface area contributed by atoms with Crippen molar-refractivity contribution >= 4 is 40.5 Å². The van der Waals surface area contributed by atoms with Crippen LogP contribution in [0.5, 0.6) is 0 Å². The van der Waals surface area contributed by atoms with Crippen LogP contribution in [-0.2, 0) is 4.74 Å². The molecule has 0 saturated carbocycles. The third kappa shape index (κ3) is 4.15. The van der Waals surface area contributed by atoms with E-state index in [2.05, 4.69) is 25.3 Å². The number of nitrogens with zero attached hydrogens (tertiary/aromatic N) is 4. The van der Waals surface area contributed by atoms with Crippen LogP contribution in [0.15, 0.2) is 29.1 Å². The number of anilines is 2. The Bertz CT molecular complexity index is 1220. The van der Waals surface area contributed by atoms with Crippen LogP contribution in [0, 0.1) is 6.92 Å². The minimum atomic E-state index is -1.33. The van der Waals surface area contributed by atoms with Crippen LogP contribution < -0.4 is 15.8 Å². The van der Waals surface area contributed by atoms with Gasteiger partial charge in [0.2, 0.25) is 11.9 Å². The highest BCUT2D eigenvalue weighted by atomic mass is 35.5. The van der Waals surface area contributed by atoms with Gasteiger partial charge < -0.3 is 15.0 Å². The summed E-state index contributed by atoms with van der Waals surface area (Å²) in [6.07, 6.45) is -2.05. The molecule has 3 heterocycles. The Morgan fingerprint density at radius 1 is 1.26 bits per heavy atom. The molecule has 1 aliphatic heterocycles. The molecule has 0 spiro atoms. The zero-order valence-corrected chi connectivity index (χ0v) is 17.8. The van der Waals surface area contributed by atoms with E-state index in [1.807, 2.05) is 0 Å². The van der Waals surface area contributed by atoms with Crippen LogP contribution in [0.2, 0.25) is 5.02 Å². The fraction of sp³-hybridized carbons (Fsp3) is 0.350. The van der Waals surface area contributed by atoms with Crippen molar-refractivity contribution in [2.24, 2.45) is 0 Å². The molecule has 3 aromatic rings. The summed E-state index contributed by atoms with van der Waals surface area (Å²) in [5.74, 6) is 0.452. The van der Waals surface area contributed by atoms with Gasteiger partial charge in [-0.3, -0.25) is 4.79 Å². The lowest BCUT2D eigenvalue weighted by molar-refractivity contribution is 0.174. The average Bonchev–Trinajstić information content (AvgIpc) is 3.09. The van der Waals surface area contributed by atoms with Crippen molar-refractivity contribution in [3.05, 3.63) is 51.0 Å². The predicted octanol–water partition coefficient (Wildman–Crippen LogP) is 3.53. The molecule has 1 aliphatic rings. The van der Waals surface area contributed by atoms with E-state index in [1.54, 1.807) is 38.1 Å². The maximum absolute atomic E-state index is 13.9. The van der Waals surface area contributed by atoms with Gasteiger partial charge in [0.15, 0.2) is 0 Å². The molecule has 0 radical (unpaired) electrons. The first kappa shape index (κ1) is 21.0. The number of aryl methyl sites for hydroxylation is 1. The molecular weight excluding hydrogens is 427 g/mol. The van der Waals surface area contributed by atoms with E-state index in [1.165, 1.54) is 6.92 Å². The number of cyclic esters (lactones) is 1. The second-order valence-corrected chi connectivity index (χ2v) is 7.79. The summed E-state index contributed by atoms with van der Waals surface area (Å²) in [4.78, 5) is 41.2. The van der Waals surface area contributed by atoms with Gasteiger partial charge in [-0.05, 0) is 45.0 Å². The number of ether oxygens (including phenoxy) is 1. The van der Waals surface area contributed by atoms with Crippen molar-refractivity contribution in [1.82, 2.24) is 19.9 Å². The van der Waals surface area contributed by atoms with Gasteiger partial charge in [0.1, 0.15) is 24.6 Å². The number of fused-ring (bicyclic) bond motifs is 1. The highest BCUT2D eigenvalue weighted by Crippen LogP contribution is 2.25. The smallest absolute Gasteiger partial charge is 0.417 e. The number of pyridine rings is 1. The van der Waals surface area contributed by atoms with Gasteiger partial charge in [-0.1, -0.05) is 11.6 Å². The second kappa shape index (κ2) is 8.10. The van der Waals surface area contributed by atoms with Gasteiger partial charge in [-0.15, -0.1) is 0 Å². The van der Waals surface area contributed by atoms with Gasteiger partial charge in [0.05, 0.1) is 6.04 Å². The maximum Gasteiger partial charge on any atom is 0.417 e. The van der Waals surface area contributed by atoms with E-state index < -0.39 is 24.3 Å². The van der Waals surface area contributed by atoms with E-state index >= 15 is 0 Å². The van der Waals surface area contributed by atoms with E-state index in [9.17, 15) is 14.0 Å². The molecule has 1 aromatic carbocycles. The number of benzene rings is 1. The van der Waals surface area contributed by atoms with Crippen molar-refractivity contribution in [3.63, 3.8) is 0 Å². The van der Waals surface area contributed by atoms with Crippen LogP contribution in [0.4, 0.5) is 21.1 Å². The molecule has 4 rings (SSSR count). The molecular formula is C20H20ClFN6O3. The Morgan fingerprint density at radius 2 is 2.03 bits per heavy atom. The lowest BCUT2D eigenvalue weighted by atomic mass is 10.1. The normalized spacial score (nSPS) is 18.2. The van der Waals surface area contributed by atoms with Crippen molar-refractivity contribution < 1.29 is 13.9 Å². The molecule has 0 bridgehead atoms. The fourth-order valence-electron chi connectivity index (χ4n) is 3.43. The van der Waals surface area contributed by atoms with Crippen LogP contribution in [0.1, 0.15) is 31.3 Å². The molecule has 1 amide bonds. The lowest BCUT2D eigenvalue weighted by Gasteiger charge is -2.21. The summed E-state index contributed by atoms with van der Waals surface area (Å²) in [5, 5.41) is 4.39. The number of carbonyl (C=O) groups excluding carboxylic acids is 1. The number of alkyl halides is 1. The number of hydrogen-bond acceptors (Lipinski definition) is 7. The Kier molecular flexibility index (Phi) is 5.48. The summed E-state index contributed by atoms with van der Waals surface area (Å²) in [5.41, 5.74) is 0.850. The summed E-state index contributed by atoms with van der Waals surface area (Å²) in [7, 11) is 0. The first-order chi connectivity index (χ1) is 14.7. The molecule has 3 atom stereocenters. The molecule has 2 N–H and O–H groups in total. The molecule has 1 fully saturated rings. The number of H-pyrrole nitrogens is 1. The van der Waals surface area contributed by atoms with Crippen LogP contribution in [0.25, 0.3) is 10.9 Å². The topological polar surface area (TPSA) is 113 Å². The third-order valence-electron chi connectivity index (χ3n) is 5.03. The summed E-state index contributed by atoms with van der Waals surface area (Å²) in [6, 6.07) is 5.62. The van der Waals surface area contributed by atoms with E-state index in [0.29, 0.717) is 21.9 Å². The van der Waals surface area contributed by atoms with Gasteiger partial charge >= 0.3 is 6.09 Å². The molecule has 2 aromatic heterocycles. The Morgan fingerprint density at radius 3 is 2.77 bits per heavy atom. The molecule has 0 aliphatic carbocycles. The Balaban J connectivity index is 1.65. The van der Waals surface area contributed by atoms with E-state index in [0.717, 1.165) is 10.3 Å². The first-order valence-corrected chi connectivity index (χ1v) is 10.0. The molecule has 11 heteroatoms. The number of amides is 1. The van der Waals surface area contributed by atoms with Crippen molar-refractivity contribution in [2.75, 3.05) is 16.8 Å². The number of halogens is 2. The summed E-state index contributed by atoms with van der Waals surface area (Å²) >= 11 is 6.06. The van der Waals surface area contributed by atoms with Crippen LogP contribution >= 0.6 is 11.6 Å². The molecule has 162 valence electrons. The number of aromatic nitrogens is 4. The third-order valence-corrected chi connectivity index (χ3v) is 5.27. The van der Waals surface area contributed by atoms with Gasteiger partial charge in [-0.2, -0.15) is 15.0 Å². The highest BCUT2D eigenvalue weighted by Gasteiger charge is 2.40. The SMILES string of the molecule is Cc1nc(N[C@@H](C)c2cc3cc(Cl)ccc3[nH]c2=O)nc(N2C(=O)OC[C@@H]2[C@H](C)F)n1. The van der Waals surface area contributed by atoms with Gasteiger partial charge in [-0.25, -0.2) is 14.1 Å². The van der Waals surface area contributed by atoms with Crippen molar-refractivity contribution in [1.29, 1.82) is 0 Å². The second-order valence-electron chi connectivity index (χ2n) is 7.35. The number of hydrogen-bond donors (Lipinski definition) is 2. The Labute approximate surface area is 181 Å². The summed E-state index contributed by atoms with van der Waals surface area (Å²) < 4.78 is 18.9. The van der Waals surface area contributed by atoms with Gasteiger partial charge in [0.25, 0.3) is 5.56 Å². The van der Waals surface area contributed by atoms with Crippen LogP contribution in [0.3, 0.4) is 0 Å². The lowest BCUT2D eigenvalue weighted by Crippen LogP contribution is -2.40. The number of carbonyl (C=O) groups is 1.